The van der Waals surface area contributed by atoms with Gasteiger partial charge in [0.1, 0.15) is 34.9 Å². The highest BCUT2D eigenvalue weighted by molar-refractivity contribution is 6.12. The van der Waals surface area contributed by atoms with Crippen LogP contribution in [0.4, 0.5) is 0 Å². The number of phenolic OH excluding ortho intramolecular Hbond substituents is 1. The van der Waals surface area contributed by atoms with Crippen molar-refractivity contribution in [2.45, 2.75) is 32.0 Å². The molecule has 1 spiro atoms. The summed E-state index contributed by atoms with van der Waals surface area (Å²) in [5.41, 5.74) is -1.41. The highest BCUT2D eigenvalue weighted by Gasteiger charge is 2.64. The third-order valence-corrected chi connectivity index (χ3v) is 4.93. The maximum absolute atomic E-state index is 13.2. The van der Waals surface area contributed by atoms with Crippen LogP contribution in [-0.4, -0.2) is 46.6 Å². The molecule has 1 heterocycles. The van der Waals surface area contributed by atoms with Crippen molar-refractivity contribution in [1.82, 2.24) is 0 Å². The summed E-state index contributed by atoms with van der Waals surface area (Å²) in [6.45, 7) is 3.09. The number of esters is 1. The number of aliphatic hydroxyl groups is 1. The topological polar surface area (TPSA) is 110 Å². The lowest BCUT2D eigenvalue weighted by atomic mass is 9.67. The van der Waals surface area contributed by atoms with Gasteiger partial charge in [-0.1, -0.05) is 12.2 Å². The number of rotatable bonds is 3. The molecule has 138 valence electrons. The molecule has 0 saturated heterocycles. The largest absolute Gasteiger partial charge is 0.507 e. The van der Waals surface area contributed by atoms with E-state index < -0.39 is 35.3 Å². The van der Waals surface area contributed by atoms with Crippen molar-refractivity contribution in [2.24, 2.45) is 11.8 Å². The molecule has 2 N–H and O–H groups in total. The van der Waals surface area contributed by atoms with Crippen molar-refractivity contribution in [3.63, 3.8) is 0 Å². The SMILES string of the molecule is COC(=O)[C@@H]1[C@@H](CC(C)=O)C=C[C@@H](O)[C@@]12Oc1cc(C)cc(O)c1C2=O. The Kier molecular flexibility index (Phi) is 4.36. The van der Waals surface area contributed by atoms with Crippen molar-refractivity contribution < 1.29 is 34.1 Å². The van der Waals surface area contributed by atoms with Gasteiger partial charge in [-0.3, -0.25) is 9.59 Å². The molecule has 0 saturated carbocycles. The minimum Gasteiger partial charge on any atom is -0.507 e. The smallest absolute Gasteiger partial charge is 0.313 e. The van der Waals surface area contributed by atoms with Gasteiger partial charge in [-0.05, 0) is 31.5 Å². The number of Topliss-reactive ketones (excluding diaryl/α,β-unsaturated/α-hetero) is 2. The second-order valence-electron chi connectivity index (χ2n) is 6.78. The molecule has 0 radical (unpaired) electrons. The summed E-state index contributed by atoms with van der Waals surface area (Å²) in [5, 5.41) is 20.8. The van der Waals surface area contributed by atoms with E-state index in [0.29, 0.717) is 5.56 Å². The molecule has 0 amide bonds. The second kappa shape index (κ2) is 6.25. The van der Waals surface area contributed by atoms with Gasteiger partial charge in [-0.2, -0.15) is 0 Å². The van der Waals surface area contributed by atoms with Gasteiger partial charge in [-0.25, -0.2) is 0 Å². The van der Waals surface area contributed by atoms with Gasteiger partial charge in [0.2, 0.25) is 11.4 Å². The van der Waals surface area contributed by atoms with Gasteiger partial charge in [0.25, 0.3) is 0 Å². The molecule has 0 bridgehead atoms. The van der Waals surface area contributed by atoms with Gasteiger partial charge in [-0.15, -0.1) is 0 Å². The van der Waals surface area contributed by atoms with Gasteiger partial charge in [0.05, 0.1) is 7.11 Å². The Hall–Kier alpha value is -2.67. The summed E-state index contributed by atoms with van der Waals surface area (Å²) in [5.74, 6) is -3.74. The van der Waals surface area contributed by atoms with Crippen LogP contribution in [0.25, 0.3) is 0 Å². The zero-order valence-electron chi connectivity index (χ0n) is 14.7. The molecular weight excluding hydrogens is 340 g/mol. The number of phenols is 1. The Bertz CT molecular complexity index is 825. The van der Waals surface area contributed by atoms with Crippen molar-refractivity contribution in [2.75, 3.05) is 7.11 Å². The number of fused-ring (bicyclic) bond motifs is 1. The fourth-order valence-corrected chi connectivity index (χ4v) is 3.87. The maximum atomic E-state index is 13.2. The van der Waals surface area contributed by atoms with E-state index >= 15 is 0 Å². The molecule has 7 nitrogen and oxygen atoms in total. The third-order valence-electron chi connectivity index (χ3n) is 4.93. The van der Waals surface area contributed by atoms with Gasteiger partial charge in [0, 0.05) is 12.3 Å². The zero-order chi connectivity index (χ0) is 19.2. The normalized spacial score (nSPS) is 29.4. The van der Waals surface area contributed by atoms with E-state index in [0.717, 1.165) is 0 Å². The summed E-state index contributed by atoms with van der Waals surface area (Å²) in [4.78, 5) is 37.4. The Morgan fingerprint density at radius 1 is 1.31 bits per heavy atom. The molecule has 26 heavy (non-hydrogen) atoms. The van der Waals surface area contributed by atoms with Crippen molar-refractivity contribution in [3.05, 3.63) is 35.4 Å². The van der Waals surface area contributed by atoms with Crippen LogP contribution in [0.3, 0.4) is 0 Å². The Morgan fingerprint density at radius 3 is 2.62 bits per heavy atom. The number of hydrogen-bond acceptors (Lipinski definition) is 7. The minimum absolute atomic E-state index is 0.0112. The molecule has 4 atom stereocenters. The number of aromatic hydroxyl groups is 1. The van der Waals surface area contributed by atoms with Crippen LogP contribution in [0.1, 0.15) is 29.3 Å². The fourth-order valence-electron chi connectivity index (χ4n) is 3.87. The van der Waals surface area contributed by atoms with Crippen LogP contribution in [0, 0.1) is 18.8 Å². The predicted octanol–water partition coefficient (Wildman–Crippen LogP) is 1.33. The molecule has 2 aliphatic rings. The fraction of sp³-hybridized carbons (Fsp3) is 0.421. The van der Waals surface area contributed by atoms with E-state index in [1.807, 2.05) is 0 Å². The number of benzene rings is 1. The molecule has 7 heteroatoms. The number of carbonyl (C=O) groups excluding carboxylic acids is 3. The van der Waals surface area contributed by atoms with E-state index in [4.69, 9.17) is 9.47 Å². The van der Waals surface area contributed by atoms with E-state index in [2.05, 4.69) is 0 Å². The summed E-state index contributed by atoms with van der Waals surface area (Å²) >= 11 is 0. The van der Waals surface area contributed by atoms with Crippen LogP contribution in [0.15, 0.2) is 24.3 Å². The lowest BCUT2D eigenvalue weighted by molar-refractivity contribution is -0.159. The summed E-state index contributed by atoms with van der Waals surface area (Å²) in [6.07, 6.45) is 1.43. The highest BCUT2D eigenvalue weighted by Crippen LogP contribution is 2.50. The minimum atomic E-state index is -1.98. The number of aryl methyl sites for hydroxylation is 1. The number of hydrogen-bond donors (Lipinski definition) is 2. The summed E-state index contributed by atoms with van der Waals surface area (Å²) in [6, 6.07) is 2.96. The predicted molar refractivity (Wildman–Crippen MR) is 90.0 cm³/mol. The van der Waals surface area contributed by atoms with Crippen molar-refractivity contribution in [1.29, 1.82) is 0 Å². The monoisotopic (exact) mass is 360 g/mol. The van der Waals surface area contributed by atoms with Gasteiger partial charge >= 0.3 is 5.97 Å². The van der Waals surface area contributed by atoms with Crippen LogP contribution in [0.5, 0.6) is 11.5 Å². The summed E-state index contributed by atoms with van der Waals surface area (Å²) < 4.78 is 10.7. The Morgan fingerprint density at radius 2 is 2.00 bits per heavy atom. The number of methoxy groups -OCH3 is 1. The molecule has 0 fully saturated rings. The average Bonchev–Trinajstić information content (AvgIpc) is 2.83. The Balaban J connectivity index is 2.18. The molecule has 1 aliphatic carbocycles. The molecule has 0 aromatic heterocycles. The molecule has 0 unspecified atom stereocenters. The van der Waals surface area contributed by atoms with Gasteiger partial charge < -0.3 is 24.5 Å². The first-order valence-corrected chi connectivity index (χ1v) is 8.23. The van der Waals surface area contributed by atoms with Crippen LogP contribution in [-0.2, 0) is 14.3 Å². The molecular formula is C19H20O7. The van der Waals surface area contributed by atoms with E-state index in [1.54, 1.807) is 13.0 Å². The van der Waals surface area contributed by atoms with Crippen LogP contribution in [0.2, 0.25) is 0 Å². The number of aliphatic hydroxyl groups excluding tert-OH is 1. The Labute approximate surface area is 150 Å². The second-order valence-corrected chi connectivity index (χ2v) is 6.78. The van der Waals surface area contributed by atoms with E-state index in [-0.39, 0.29) is 29.3 Å². The number of ketones is 2. The number of ether oxygens (including phenoxy) is 2. The van der Waals surface area contributed by atoms with E-state index in [9.17, 15) is 24.6 Å². The number of carbonyl (C=O) groups is 3. The lowest BCUT2D eigenvalue weighted by Crippen LogP contribution is -2.62. The average molecular weight is 360 g/mol. The van der Waals surface area contributed by atoms with Crippen molar-refractivity contribution in [3.8, 4) is 11.5 Å². The molecule has 1 aromatic rings. The van der Waals surface area contributed by atoms with Gasteiger partial charge in [0.15, 0.2) is 0 Å². The van der Waals surface area contributed by atoms with Crippen LogP contribution < -0.4 is 4.74 Å². The molecule has 1 aromatic carbocycles. The third kappa shape index (κ3) is 2.50. The molecule has 3 rings (SSSR count). The van der Waals surface area contributed by atoms with Crippen molar-refractivity contribution >= 4 is 17.5 Å². The number of allylic oxidation sites excluding steroid dienone is 1. The quantitative estimate of drug-likeness (QED) is 0.618. The lowest BCUT2D eigenvalue weighted by Gasteiger charge is -2.41. The molecule has 1 aliphatic heterocycles. The zero-order valence-corrected chi connectivity index (χ0v) is 14.7. The summed E-state index contributed by atoms with van der Waals surface area (Å²) in [7, 11) is 1.17. The highest BCUT2D eigenvalue weighted by atomic mass is 16.5. The maximum Gasteiger partial charge on any atom is 0.313 e. The first kappa shape index (κ1) is 18.1. The first-order valence-electron chi connectivity index (χ1n) is 8.23. The standard InChI is InChI=1S/C19H20O7/c1-9-6-12(21)15-13(7-9)26-19(17(15)23)14(22)5-4-11(8-10(2)20)16(19)18(24)25-3/h4-7,11,14,16,21-22H,8H2,1-3H3/t11-,14-,16+,19-/m1/s1. The van der Waals surface area contributed by atoms with E-state index in [1.165, 1.54) is 32.3 Å². The van der Waals surface area contributed by atoms with Crippen LogP contribution >= 0.6 is 0 Å². The first-order chi connectivity index (χ1) is 12.2.